The molecule has 92 valence electrons. The summed E-state index contributed by atoms with van der Waals surface area (Å²) in [5, 5.41) is 3.84. The lowest BCUT2D eigenvalue weighted by Crippen LogP contribution is -2.35. The molecule has 1 heterocycles. The number of nitrogens with one attached hydrogen (secondary N) is 1. The SMILES string of the molecule is O=C(OCc1ccccc1Cl)[C@@H]1CCCNC1. The molecule has 1 aromatic carbocycles. The monoisotopic (exact) mass is 253 g/mol. The van der Waals surface area contributed by atoms with E-state index in [1.165, 1.54) is 0 Å². The normalized spacial score (nSPS) is 19.9. The third-order valence-electron chi connectivity index (χ3n) is 2.96. The van der Waals surface area contributed by atoms with Crippen molar-refractivity contribution in [1.29, 1.82) is 0 Å². The van der Waals surface area contributed by atoms with Crippen LogP contribution in [0.3, 0.4) is 0 Å². The lowest BCUT2D eigenvalue weighted by Gasteiger charge is -2.21. The van der Waals surface area contributed by atoms with Crippen molar-refractivity contribution < 1.29 is 9.53 Å². The van der Waals surface area contributed by atoms with Crippen molar-refractivity contribution in [3.63, 3.8) is 0 Å². The Morgan fingerprint density at radius 1 is 1.47 bits per heavy atom. The van der Waals surface area contributed by atoms with Gasteiger partial charge in [0.05, 0.1) is 5.92 Å². The van der Waals surface area contributed by atoms with Gasteiger partial charge in [0, 0.05) is 17.1 Å². The smallest absolute Gasteiger partial charge is 0.310 e. The van der Waals surface area contributed by atoms with Gasteiger partial charge in [0.1, 0.15) is 6.61 Å². The zero-order valence-corrected chi connectivity index (χ0v) is 10.4. The van der Waals surface area contributed by atoms with Crippen molar-refractivity contribution >= 4 is 17.6 Å². The lowest BCUT2D eigenvalue weighted by atomic mass is 10.0. The first kappa shape index (κ1) is 12.4. The number of piperidine rings is 1. The summed E-state index contributed by atoms with van der Waals surface area (Å²) in [6, 6.07) is 7.41. The molecule has 0 saturated carbocycles. The number of ether oxygens (including phenoxy) is 1. The number of rotatable bonds is 3. The van der Waals surface area contributed by atoms with Gasteiger partial charge in [0.2, 0.25) is 0 Å². The van der Waals surface area contributed by atoms with Crippen molar-refractivity contribution in [3.05, 3.63) is 34.9 Å². The summed E-state index contributed by atoms with van der Waals surface area (Å²) in [5.74, 6) is -0.136. The Kier molecular flexibility index (Phi) is 4.40. The van der Waals surface area contributed by atoms with E-state index in [1.807, 2.05) is 18.2 Å². The second-order valence-electron chi connectivity index (χ2n) is 4.24. The van der Waals surface area contributed by atoms with E-state index < -0.39 is 0 Å². The Labute approximate surface area is 106 Å². The van der Waals surface area contributed by atoms with Crippen LogP contribution in [-0.2, 0) is 16.1 Å². The van der Waals surface area contributed by atoms with E-state index >= 15 is 0 Å². The Bertz CT molecular complexity index is 389. The number of hydrogen-bond acceptors (Lipinski definition) is 3. The zero-order chi connectivity index (χ0) is 12.1. The number of hydrogen-bond donors (Lipinski definition) is 1. The largest absolute Gasteiger partial charge is 0.461 e. The first-order chi connectivity index (χ1) is 8.27. The van der Waals surface area contributed by atoms with Gasteiger partial charge in [0.15, 0.2) is 0 Å². The van der Waals surface area contributed by atoms with E-state index in [4.69, 9.17) is 16.3 Å². The molecule has 1 saturated heterocycles. The minimum absolute atomic E-state index is 0.00811. The van der Waals surface area contributed by atoms with Gasteiger partial charge in [-0.25, -0.2) is 0 Å². The predicted octanol–water partition coefficient (Wildman–Crippen LogP) is 2.38. The van der Waals surface area contributed by atoms with Crippen LogP contribution in [0.5, 0.6) is 0 Å². The second-order valence-corrected chi connectivity index (χ2v) is 4.65. The summed E-state index contributed by atoms with van der Waals surface area (Å²) in [5.41, 5.74) is 0.853. The lowest BCUT2D eigenvalue weighted by molar-refractivity contribution is -0.150. The van der Waals surface area contributed by atoms with Crippen LogP contribution in [0.2, 0.25) is 5.02 Å². The fourth-order valence-electron chi connectivity index (χ4n) is 1.94. The minimum Gasteiger partial charge on any atom is -0.461 e. The maximum Gasteiger partial charge on any atom is 0.310 e. The molecule has 0 aliphatic carbocycles. The highest BCUT2D eigenvalue weighted by Crippen LogP contribution is 2.17. The van der Waals surface area contributed by atoms with Crippen molar-refractivity contribution in [1.82, 2.24) is 5.32 Å². The van der Waals surface area contributed by atoms with Gasteiger partial charge in [0.25, 0.3) is 0 Å². The molecule has 1 fully saturated rings. The maximum absolute atomic E-state index is 11.8. The van der Waals surface area contributed by atoms with Crippen molar-refractivity contribution in [2.45, 2.75) is 19.4 Å². The quantitative estimate of drug-likeness (QED) is 0.841. The van der Waals surface area contributed by atoms with E-state index in [-0.39, 0.29) is 18.5 Å². The van der Waals surface area contributed by atoms with Gasteiger partial charge in [-0.05, 0) is 25.5 Å². The van der Waals surface area contributed by atoms with Crippen LogP contribution in [0.1, 0.15) is 18.4 Å². The van der Waals surface area contributed by atoms with E-state index in [0.29, 0.717) is 5.02 Å². The second kappa shape index (κ2) is 6.03. The molecule has 1 aromatic rings. The fourth-order valence-corrected chi connectivity index (χ4v) is 2.13. The van der Waals surface area contributed by atoms with Crippen LogP contribution in [-0.4, -0.2) is 19.1 Å². The van der Waals surface area contributed by atoms with Gasteiger partial charge >= 0.3 is 5.97 Å². The average molecular weight is 254 g/mol. The molecule has 0 radical (unpaired) electrons. The summed E-state index contributed by atoms with van der Waals surface area (Å²) in [4.78, 5) is 11.8. The summed E-state index contributed by atoms with van der Waals surface area (Å²) < 4.78 is 5.28. The first-order valence-corrected chi connectivity index (χ1v) is 6.26. The number of benzene rings is 1. The molecule has 1 atom stereocenters. The topological polar surface area (TPSA) is 38.3 Å². The van der Waals surface area contributed by atoms with Crippen LogP contribution in [0.25, 0.3) is 0 Å². The maximum atomic E-state index is 11.8. The number of esters is 1. The van der Waals surface area contributed by atoms with Gasteiger partial charge in [-0.3, -0.25) is 4.79 Å². The molecular weight excluding hydrogens is 238 g/mol. The van der Waals surface area contributed by atoms with Gasteiger partial charge in [-0.15, -0.1) is 0 Å². The third-order valence-corrected chi connectivity index (χ3v) is 3.33. The van der Waals surface area contributed by atoms with Crippen LogP contribution in [0.4, 0.5) is 0 Å². The van der Waals surface area contributed by atoms with Crippen LogP contribution < -0.4 is 5.32 Å². The number of carbonyl (C=O) groups excluding carboxylic acids is 1. The fraction of sp³-hybridized carbons (Fsp3) is 0.462. The summed E-state index contributed by atoms with van der Waals surface area (Å²) in [7, 11) is 0. The molecule has 3 nitrogen and oxygen atoms in total. The van der Waals surface area contributed by atoms with Gasteiger partial charge in [-0.1, -0.05) is 29.8 Å². The summed E-state index contributed by atoms with van der Waals surface area (Å²) >= 11 is 5.99. The third kappa shape index (κ3) is 3.45. The first-order valence-electron chi connectivity index (χ1n) is 5.88. The van der Waals surface area contributed by atoms with E-state index in [0.717, 1.165) is 31.5 Å². The molecule has 1 N–H and O–H groups in total. The van der Waals surface area contributed by atoms with E-state index in [1.54, 1.807) is 6.07 Å². The Hall–Kier alpha value is -1.06. The Morgan fingerprint density at radius 3 is 3.00 bits per heavy atom. The van der Waals surface area contributed by atoms with Crippen LogP contribution in [0, 0.1) is 5.92 Å². The highest BCUT2D eigenvalue weighted by atomic mass is 35.5. The Balaban J connectivity index is 1.85. The molecule has 1 aliphatic heterocycles. The Morgan fingerprint density at radius 2 is 2.29 bits per heavy atom. The van der Waals surface area contributed by atoms with Gasteiger partial charge < -0.3 is 10.1 Å². The summed E-state index contributed by atoms with van der Waals surface area (Å²) in [6.45, 7) is 1.98. The summed E-state index contributed by atoms with van der Waals surface area (Å²) in [6.07, 6.45) is 1.94. The molecule has 0 spiro atoms. The van der Waals surface area contributed by atoms with E-state index in [2.05, 4.69) is 5.32 Å². The standard InChI is InChI=1S/C13H16ClNO2/c14-12-6-2-1-4-11(12)9-17-13(16)10-5-3-7-15-8-10/h1-2,4,6,10,15H,3,5,7-9H2/t10-/m1/s1. The number of halogens is 1. The molecular formula is C13H16ClNO2. The number of carbonyl (C=O) groups is 1. The minimum atomic E-state index is -0.128. The van der Waals surface area contributed by atoms with Gasteiger partial charge in [-0.2, -0.15) is 0 Å². The molecule has 4 heteroatoms. The zero-order valence-electron chi connectivity index (χ0n) is 9.62. The molecule has 0 amide bonds. The highest BCUT2D eigenvalue weighted by Gasteiger charge is 2.22. The van der Waals surface area contributed by atoms with E-state index in [9.17, 15) is 4.79 Å². The van der Waals surface area contributed by atoms with Crippen molar-refractivity contribution in [2.24, 2.45) is 5.92 Å². The highest BCUT2D eigenvalue weighted by molar-refractivity contribution is 6.31. The predicted molar refractivity (Wildman–Crippen MR) is 66.8 cm³/mol. The molecule has 2 rings (SSSR count). The molecule has 17 heavy (non-hydrogen) atoms. The molecule has 0 bridgehead atoms. The molecule has 1 aliphatic rings. The average Bonchev–Trinajstić information content (AvgIpc) is 2.38. The van der Waals surface area contributed by atoms with Crippen LogP contribution >= 0.6 is 11.6 Å². The van der Waals surface area contributed by atoms with Crippen molar-refractivity contribution in [3.8, 4) is 0 Å². The molecule has 0 aromatic heterocycles. The van der Waals surface area contributed by atoms with Crippen molar-refractivity contribution in [2.75, 3.05) is 13.1 Å². The molecule has 0 unspecified atom stereocenters. The van der Waals surface area contributed by atoms with Crippen LogP contribution in [0.15, 0.2) is 24.3 Å².